The molecule has 2 amide bonds. The Morgan fingerprint density at radius 2 is 1.67 bits per heavy atom. The van der Waals surface area contributed by atoms with E-state index in [1.54, 1.807) is 37.6 Å². The zero-order valence-corrected chi connectivity index (χ0v) is 37.7. The van der Waals surface area contributed by atoms with Crippen molar-refractivity contribution in [2.75, 3.05) is 30.1 Å². The van der Waals surface area contributed by atoms with Crippen LogP contribution in [-0.2, 0) is 30.1 Å². The molecule has 1 aliphatic carbocycles. The molecule has 1 aromatic heterocycles. The summed E-state index contributed by atoms with van der Waals surface area (Å²) >= 11 is 7.74. The van der Waals surface area contributed by atoms with Crippen LogP contribution in [0.25, 0.3) is 11.1 Å². The Morgan fingerprint density at radius 3 is 2.31 bits per heavy atom. The number of aliphatic imine (C=N–C) groups is 1. The zero-order chi connectivity index (χ0) is 48.2. The van der Waals surface area contributed by atoms with E-state index in [2.05, 4.69) is 31.8 Å². The van der Waals surface area contributed by atoms with E-state index in [-0.39, 0.29) is 63.0 Å². The van der Waals surface area contributed by atoms with Gasteiger partial charge in [0.15, 0.2) is 0 Å². The van der Waals surface area contributed by atoms with Gasteiger partial charge in [0.2, 0.25) is 5.91 Å². The predicted molar refractivity (Wildman–Crippen MR) is 250 cm³/mol. The molecule has 0 saturated carbocycles. The number of anilines is 2. The molecule has 7 rings (SSSR count). The van der Waals surface area contributed by atoms with Crippen LogP contribution in [0.4, 0.5) is 43.4 Å². The van der Waals surface area contributed by atoms with Crippen LogP contribution in [0.5, 0.6) is 11.5 Å². The molecule has 0 aliphatic heterocycles. The van der Waals surface area contributed by atoms with Crippen molar-refractivity contribution in [3.8, 4) is 22.6 Å². The summed E-state index contributed by atoms with van der Waals surface area (Å²) in [6.45, 7) is 3.55. The number of fused-ring (bicyclic) bond motifs is 1. The van der Waals surface area contributed by atoms with E-state index in [0.29, 0.717) is 27.8 Å². The second-order valence-corrected chi connectivity index (χ2v) is 16.6. The summed E-state index contributed by atoms with van der Waals surface area (Å²) in [6.07, 6.45) is -2.22. The Balaban J connectivity index is 1.30. The predicted octanol–water partition coefficient (Wildman–Crippen LogP) is 10.9. The summed E-state index contributed by atoms with van der Waals surface area (Å²) in [5.41, 5.74) is 6.68. The molecular weight excluding hydrogens is 918 g/mol. The summed E-state index contributed by atoms with van der Waals surface area (Å²) in [4.78, 5) is 34.7. The molecule has 1 aliphatic rings. The van der Waals surface area contributed by atoms with Crippen molar-refractivity contribution < 1.29 is 40.7 Å². The van der Waals surface area contributed by atoms with E-state index in [1.807, 2.05) is 42.5 Å². The molecule has 0 bridgehead atoms. The highest BCUT2D eigenvalue weighted by Crippen LogP contribution is 2.48. The summed E-state index contributed by atoms with van der Waals surface area (Å²) in [5.74, 6) is -7.22. The maximum absolute atomic E-state index is 15.5. The van der Waals surface area contributed by atoms with Crippen molar-refractivity contribution in [2.45, 2.75) is 44.7 Å². The van der Waals surface area contributed by atoms with E-state index >= 15 is 13.6 Å². The number of ether oxygens (including phenoxy) is 1. The van der Waals surface area contributed by atoms with Gasteiger partial charge in [0.25, 0.3) is 18.3 Å². The Kier molecular flexibility index (Phi) is 14.6. The third-order valence-electron chi connectivity index (χ3n) is 11.1. The fourth-order valence-corrected chi connectivity index (χ4v) is 8.63. The van der Waals surface area contributed by atoms with E-state index in [9.17, 15) is 22.4 Å². The van der Waals surface area contributed by atoms with Crippen molar-refractivity contribution in [2.24, 2.45) is 21.0 Å². The largest absolute Gasteiger partial charge is 0.457 e. The van der Waals surface area contributed by atoms with Crippen molar-refractivity contribution in [3.05, 3.63) is 153 Å². The number of aromatic nitrogens is 2. The molecule has 6 aromatic rings. The van der Waals surface area contributed by atoms with Crippen LogP contribution in [0, 0.1) is 17.6 Å². The lowest BCUT2D eigenvalue weighted by Gasteiger charge is -2.31. The molecule has 0 saturated heterocycles. The van der Waals surface area contributed by atoms with Gasteiger partial charge in [0.05, 0.1) is 39.3 Å². The first-order valence-electron chi connectivity index (χ1n) is 20.7. The van der Waals surface area contributed by atoms with Gasteiger partial charge in [0, 0.05) is 37.4 Å². The number of amides is 2. The number of rotatable bonds is 17. The molecule has 11 nitrogen and oxygen atoms in total. The Morgan fingerprint density at radius 1 is 1.00 bits per heavy atom. The number of benzene rings is 5. The van der Waals surface area contributed by atoms with Crippen LogP contribution >= 0.6 is 23.5 Å². The van der Waals surface area contributed by atoms with Crippen LogP contribution < -0.4 is 26.0 Å². The molecule has 5 aromatic carbocycles. The van der Waals surface area contributed by atoms with Crippen LogP contribution in [0.1, 0.15) is 51.8 Å². The molecule has 19 heteroatoms. The average molecular weight is 961 g/mol. The fourth-order valence-electron chi connectivity index (χ4n) is 8.09. The molecule has 1 heterocycles. The van der Waals surface area contributed by atoms with Gasteiger partial charge in [-0.05, 0) is 109 Å². The summed E-state index contributed by atoms with van der Waals surface area (Å²) < 4.78 is 99.1. The number of alkyl halides is 4. The zero-order valence-electron chi connectivity index (χ0n) is 36.2. The third-order valence-corrected chi connectivity index (χ3v) is 11.8. The number of amidine groups is 1. The molecule has 0 spiro atoms. The van der Waals surface area contributed by atoms with Gasteiger partial charge in [-0.15, -0.1) is 0 Å². The number of hydrogen-bond donors (Lipinski definition) is 3. The topological polar surface area (TPSA) is 139 Å². The highest BCUT2D eigenvalue weighted by atomic mass is 35.5. The highest BCUT2D eigenvalue weighted by Gasteiger charge is 2.51. The summed E-state index contributed by atoms with van der Waals surface area (Å²) in [6, 6.07) is 25.8. The quantitative estimate of drug-likeness (QED) is 0.0358. The number of para-hydroxylation sites is 1. The van der Waals surface area contributed by atoms with E-state index in [0.717, 1.165) is 29.6 Å². The minimum absolute atomic E-state index is 0.00443. The van der Waals surface area contributed by atoms with Crippen LogP contribution in [0.2, 0.25) is 5.02 Å². The normalized spacial score (nSPS) is 14.7. The second-order valence-electron chi connectivity index (χ2n) is 15.6. The smallest absolute Gasteiger partial charge is 0.292 e. The maximum atomic E-state index is 15.5. The first-order valence-corrected chi connectivity index (χ1v) is 22.2. The Labute approximate surface area is 391 Å². The molecule has 67 heavy (non-hydrogen) atoms. The van der Waals surface area contributed by atoms with E-state index in [1.165, 1.54) is 30.0 Å². The number of carbonyl (C=O) groups excluding carboxylic acids is 2. The molecule has 2 atom stereocenters. The molecule has 348 valence electrons. The lowest BCUT2D eigenvalue weighted by molar-refractivity contribution is -0.122. The number of nitrogens with one attached hydrogen (secondary N) is 2. The van der Waals surface area contributed by atoms with Crippen molar-refractivity contribution >= 4 is 65.0 Å². The van der Waals surface area contributed by atoms with Crippen LogP contribution in [-0.4, -0.2) is 60.0 Å². The van der Waals surface area contributed by atoms with Gasteiger partial charge in [-0.25, -0.2) is 17.6 Å². The minimum Gasteiger partial charge on any atom is -0.457 e. The third kappa shape index (κ3) is 10.4. The lowest BCUT2D eigenvalue weighted by Crippen LogP contribution is -2.48. The van der Waals surface area contributed by atoms with Crippen LogP contribution in [0.3, 0.4) is 0 Å². The van der Waals surface area contributed by atoms with Gasteiger partial charge < -0.3 is 26.0 Å². The van der Waals surface area contributed by atoms with Crippen molar-refractivity contribution in [1.82, 2.24) is 15.1 Å². The molecule has 0 fully saturated rings. The van der Waals surface area contributed by atoms with Crippen molar-refractivity contribution in [1.29, 1.82) is 0 Å². The van der Waals surface area contributed by atoms with E-state index < -0.39 is 72.2 Å². The lowest BCUT2D eigenvalue weighted by atomic mass is 10.00. The number of hydrogen-bond acceptors (Lipinski definition) is 8. The molecule has 4 N–H and O–H groups in total. The molecule has 0 radical (unpaired) electrons. The van der Waals surface area contributed by atoms with Gasteiger partial charge in [-0.2, -0.15) is 18.3 Å². The summed E-state index contributed by atoms with van der Waals surface area (Å²) in [5, 5.41) is 9.63. The minimum atomic E-state index is -3.58. The number of carbonyl (C=O) groups is 2. The van der Waals surface area contributed by atoms with Gasteiger partial charge >= 0.3 is 0 Å². The standard InChI is InChI=1S/C48H43ClF6N8O3S/c1-26-18-36-42(45(52)53)60-63(44(36)48(26,54)55)25-40(64)59-32(21-27-19-30(50)23-31(51)20-27)24-62(39-17-16-37(49)41(43(39)58-3)46(56)61-67-4)47(65)35-15-12-29(22-38(35)57-2)28-10-13-34(14-11-28)66-33-8-6-5-7-9-33/h5-17,19-20,22-23,26,32,45,58H,2,18,21,24-25H2,1,3-4H3,(H2,56,61)(H,59,64). The van der Waals surface area contributed by atoms with Gasteiger partial charge in [-0.1, -0.05) is 54.9 Å². The van der Waals surface area contributed by atoms with Crippen molar-refractivity contribution in [3.63, 3.8) is 0 Å². The maximum Gasteiger partial charge on any atom is 0.292 e. The van der Waals surface area contributed by atoms with Crippen LogP contribution in [0.15, 0.2) is 113 Å². The molecular formula is C48H43ClF6N8O3S. The average Bonchev–Trinajstić information content (AvgIpc) is 3.77. The Bertz CT molecular complexity index is 2830. The second kappa shape index (κ2) is 20.4. The number of halogens is 7. The summed E-state index contributed by atoms with van der Waals surface area (Å²) in [7, 11) is 1.55. The first-order chi connectivity index (χ1) is 32.0. The van der Waals surface area contributed by atoms with Gasteiger partial charge in [0.1, 0.15) is 46.9 Å². The number of nitrogens with two attached hydrogens (primary N) is 1. The molecule has 2 unspecified atom stereocenters. The monoisotopic (exact) mass is 960 g/mol. The SMILES string of the molecule is C=Nc1cc(-c2ccc(Oc3ccccc3)cc2)ccc1C(=O)N(CC(Cc1cc(F)cc(F)c1)NC(=O)Cn1nc(C(F)F)c2c1C(F)(F)C(C)C2)c1ccc(Cl)c(C(N)=NSC)c1NC. The fraction of sp³-hybridized carbons (Fsp3) is 0.229. The Hall–Kier alpha value is -6.79. The number of nitrogens with zero attached hydrogens (tertiary/aromatic N) is 5. The highest BCUT2D eigenvalue weighted by molar-refractivity contribution is 7.97. The first kappa shape index (κ1) is 48.2. The van der Waals surface area contributed by atoms with Gasteiger partial charge in [-0.3, -0.25) is 19.3 Å². The van der Waals surface area contributed by atoms with E-state index in [4.69, 9.17) is 22.1 Å².